The minimum absolute atomic E-state index is 0.532. The lowest BCUT2D eigenvalue weighted by Gasteiger charge is -2.11. The fourth-order valence-corrected chi connectivity index (χ4v) is 1.39. The first-order valence-electron chi connectivity index (χ1n) is 3.08. The van der Waals surface area contributed by atoms with E-state index in [2.05, 4.69) is 0 Å². The van der Waals surface area contributed by atoms with Crippen molar-refractivity contribution in [1.29, 1.82) is 0 Å². The highest BCUT2D eigenvalue weighted by Gasteiger charge is 2.36. The maximum atomic E-state index is 12.2. The molecule has 0 radical (unpaired) electrons. The van der Waals surface area contributed by atoms with Crippen LogP contribution in [0.15, 0.2) is 12.1 Å². The van der Waals surface area contributed by atoms with E-state index in [1.165, 1.54) is 0 Å². The molecule has 1 N–H and O–H groups in total. The Kier molecular flexibility index (Phi) is 2.63. The predicted molar refractivity (Wildman–Crippen MR) is 43.1 cm³/mol. The molecule has 0 aromatic heterocycles. The van der Waals surface area contributed by atoms with Gasteiger partial charge < -0.3 is 5.11 Å². The molecule has 0 heterocycles. The van der Waals surface area contributed by atoms with Crippen molar-refractivity contribution in [2.45, 2.75) is 6.18 Å². The molecule has 13 heavy (non-hydrogen) atoms. The second-order valence-electron chi connectivity index (χ2n) is 2.25. The summed E-state index contributed by atoms with van der Waals surface area (Å²) < 4.78 is 36.6. The molecule has 1 aromatic rings. The van der Waals surface area contributed by atoms with Crippen LogP contribution in [0.4, 0.5) is 13.2 Å². The third-order valence-corrected chi connectivity index (χ3v) is 2.05. The van der Waals surface area contributed by atoms with Crippen LogP contribution in [0.25, 0.3) is 0 Å². The second kappa shape index (κ2) is 3.27. The summed E-state index contributed by atoms with van der Waals surface area (Å²) in [6.45, 7) is 0. The summed E-state index contributed by atoms with van der Waals surface area (Å²) in [4.78, 5) is 0. The SMILES string of the molecule is Oc1ccc(Cl)c(C(F)(F)F)c1Cl. The molecular formula is C7H3Cl2F3O. The van der Waals surface area contributed by atoms with Crippen LogP contribution >= 0.6 is 23.2 Å². The normalized spacial score (nSPS) is 11.8. The maximum Gasteiger partial charge on any atom is 0.419 e. The molecule has 0 unspecified atom stereocenters. The monoisotopic (exact) mass is 230 g/mol. The van der Waals surface area contributed by atoms with Gasteiger partial charge in [-0.1, -0.05) is 23.2 Å². The molecule has 0 spiro atoms. The minimum atomic E-state index is -4.66. The molecule has 0 saturated heterocycles. The van der Waals surface area contributed by atoms with Gasteiger partial charge in [0.05, 0.1) is 15.6 Å². The molecule has 0 atom stereocenters. The Morgan fingerprint density at radius 1 is 1.15 bits per heavy atom. The van der Waals surface area contributed by atoms with Gasteiger partial charge in [-0.25, -0.2) is 0 Å². The van der Waals surface area contributed by atoms with E-state index in [-0.39, 0.29) is 0 Å². The van der Waals surface area contributed by atoms with Gasteiger partial charge in [-0.2, -0.15) is 13.2 Å². The van der Waals surface area contributed by atoms with Crippen molar-refractivity contribution < 1.29 is 18.3 Å². The summed E-state index contributed by atoms with van der Waals surface area (Å²) in [5.41, 5.74) is -1.21. The van der Waals surface area contributed by atoms with E-state index in [0.29, 0.717) is 0 Å². The Bertz CT molecular complexity index is 335. The van der Waals surface area contributed by atoms with Gasteiger partial charge in [-0.05, 0) is 12.1 Å². The van der Waals surface area contributed by atoms with E-state index in [9.17, 15) is 13.2 Å². The molecule has 0 aliphatic rings. The van der Waals surface area contributed by atoms with Crippen molar-refractivity contribution in [2.75, 3.05) is 0 Å². The lowest BCUT2D eigenvalue weighted by Crippen LogP contribution is -2.06. The summed E-state index contributed by atoms with van der Waals surface area (Å²) in [5.74, 6) is -0.640. The highest BCUT2D eigenvalue weighted by molar-refractivity contribution is 6.37. The van der Waals surface area contributed by atoms with Gasteiger partial charge in [0.25, 0.3) is 0 Å². The fourth-order valence-electron chi connectivity index (χ4n) is 0.801. The first-order chi connectivity index (χ1) is 5.84. The molecule has 0 saturated carbocycles. The molecule has 1 aromatic carbocycles. The molecule has 0 aliphatic carbocycles. The van der Waals surface area contributed by atoms with Crippen LogP contribution in [0.1, 0.15) is 5.56 Å². The average molecular weight is 231 g/mol. The predicted octanol–water partition coefficient (Wildman–Crippen LogP) is 3.72. The van der Waals surface area contributed by atoms with Gasteiger partial charge in [-0.15, -0.1) is 0 Å². The fraction of sp³-hybridized carbons (Fsp3) is 0.143. The zero-order valence-electron chi connectivity index (χ0n) is 5.99. The van der Waals surface area contributed by atoms with Crippen LogP contribution in [-0.2, 0) is 6.18 Å². The molecule has 6 heteroatoms. The van der Waals surface area contributed by atoms with Crippen LogP contribution in [0.5, 0.6) is 5.75 Å². The number of benzene rings is 1. The third-order valence-electron chi connectivity index (χ3n) is 1.35. The van der Waals surface area contributed by atoms with Crippen molar-refractivity contribution in [1.82, 2.24) is 0 Å². The lowest BCUT2D eigenvalue weighted by atomic mass is 10.2. The first-order valence-corrected chi connectivity index (χ1v) is 3.84. The quantitative estimate of drug-likeness (QED) is 0.721. The lowest BCUT2D eigenvalue weighted by molar-refractivity contribution is -0.137. The van der Waals surface area contributed by atoms with Crippen LogP contribution in [0, 0.1) is 0 Å². The highest BCUT2D eigenvalue weighted by atomic mass is 35.5. The number of phenolic OH excluding ortho intramolecular Hbond substituents is 1. The maximum absolute atomic E-state index is 12.2. The number of hydrogen-bond donors (Lipinski definition) is 1. The Balaban J connectivity index is 3.43. The van der Waals surface area contributed by atoms with Gasteiger partial charge in [0, 0.05) is 0 Å². The van der Waals surface area contributed by atoms with Gasteiger partial charge in [0.15, 0.2) is 0 Å². The zero-order chi connectivity index (χ0) is 10.2. The third kappa shape index (κ3) is 2.00. The van der Waals surface area contributed by atoms with Gasteiger partial charge in [-0.3, -0.25) is 0 Å². The standard InChI is InChI=1S/C7H3Cl2F3O/c8-3-1-2-4(13)6(9)5(3)7(10,11)12/h1-2,13H. The molecule has 72 valence electrons. The molecule has 0 aliphatic heterocycles. The van der Waals surface area contributed by atoms with Crippen molar-refractivity contribution >= 4 is 23.2 Å². The van der Waals surface area contributed by atoms with Crippen LogP contribution in [0.3, 0.4) is 0 Å². The Hall–Kier alpha value is -0.610. The summed E-state index contributed by atoms with van der Waals surface area (Å²) in [6, 6.07) is 1.94. The second-order valence-corrected chi connectivity index (χ2v) is 3.04. The van der Waals surface area contributed by atoms with Gasteiger partial charge in [0.1, 0.15) is 5.75 Å². The van der Waals surface area contributed by atoms with Crippen molar-refractivity contribution in [3.05, 3.63) is 27.7 Å². The average Bonchev–Trinajstić information content (AvgIpc) is 1.95. The summed E-state index contributed by atoms with van der Waals surface area (Å²) in [7, 11) is 0. The van der Waals surface area contributed by atoms with E-state index >= 15 is 0 Å². The van der Waals surface area contributed by atoms with Gasteiger partial charge >= 0.3 is 6.18 Å². The smallest absolute Gasteiger partial charge is 0.419 e. The van der Waals surface area contributed by atoms with E-state index in [1.807, 2.05) is 0 Å². The topological polar surface area (TPSA) is 20.2 Å². The first kappa shape index (κ1) is 10.5. The number of aromatic hydroxyl groups is 1. The number of phenols is 1. The van der Waals surface area contributed by atoms with E-state index in [4.69, 9.17) is 28.3 Å². The Morgan fingerprint density at radius 3 is 2.08 bits per heavy atom. The van der Waals surface area contributed by atoms with Crippen molar-refractivity contribution in [3.8, 4) is 5.75 Å². The van der Waals surface area contributed by atoms with Crippen LogP contribution in [0.2, 0.25) is 10.0 Å². The number of halogens is 5. The largest absolute Gasteiger partial charge is 0.506 e. The summed E-state index contributed by atoms with van der Waals surface area (Å²) in [5, 5.41) is 7.59. The van der Waals surface area contributed by atoms with Crippen LogP contribution in [-0.4, -0.2) is 5.11 Å². The van der Waals surface area contributed by atoms with Gasteiger partial charge in [0.2, 0.25) is 0 Å². The van der Waals surface area contributed by atoms with E-state index in [1.54, 1.807) is 0 Å². The van der Waals surface area contributed by atoms with Crippen molar-refractivity contribution in [3.63, 3.8) is 0 Å². The molecule has 0 fully saturated rings. The molecule has 0 bridgehead atoms. The van der Waals surface area contributed by atoms with E-state index < -0.39 is 27.5 Å². The number of alkyl halides is 3. The van der Waals surface area contributed by atoms with Crippen LogP contribution < -0.4 is 0 Å². The minimum Gasteiger partial charge on any atom is -0.506 e. The molecule has 1 rings (SSSR count). The Morgan fingerprint density at radius 2 is 1.69 bits per heavy atom. The highest BCUT2D eigenvalue weighted by Crippen LogP contribution is 2.42. The molecule has 0 amide bonds. The summed E-state index contributed by atoms with van der Waals surface area (Å²) in [6.07, 6.45) is -4.66. The number of rotatable bonds is 0. The zero-order valence-corrected chi connectivity index (χ0v) is 7.50. The Labute approximate surface area is 81.7 Å². The van der Waals surface area contributed by atoms with E-state index in [0.717, 1.165) is 12.1 Å². The molecule has 1 nitrogen and oxygen atoms in total. The number of hydrogen-bond acceptors (Lipinski definition) is 1. The molecular weight excluding hydrogens is 228 g/mol. The summed E-state index contributed by atoms with van der Waals surface area (Å²) >= 11 is 10.5. The van der Waals surface area contributed by atoms with Crippen molar-refractivity contribution in [2.24, 2.45) is 0 Å².